The van der Waals surface area contributed by atoms with Gasteiger partial charge in [-0.2, -0.15) is 0 Å². The van der Waals surface area contributed by atoms with Crippen molar-refractivity contribution in [2.45, 2.75) is 18.9 Å². The Morgan fingerprint density at radius 1 is 1.14 bits per heavy atom. The van der Waals surface area contributed by atoms with Gasteiger partial charge in [0, 0.05) is 17.8 Å². The van der Waals surface area contributed by atoms with E-state index in [0.717, 1.165) is 25.9 Å². The normalized spacial score (nSPS) is 16.1. The van der Waals surface area contributed by atoms with Crippen LogP contribution < -0.4 is 5.32 Å². The average molecular weight is 323 g/mol. The number of rotatable bonds is 3. The lowest BCUT2D eigenvalue weighted by Gasteiger charge is -2.26. The van der Waals surface area contributed by atoms with E-state index in [1.165, 1.54) is 0 Å². The molecule has 0 unspecified atom stereocenters. The number of carbonyl (C=O) groups is 1. The van der Waals surface area contributed by atoms with E-state index in [-0.39, 0.29) is 5.78 Å². The summed E-state index contributed by atoms with van der Waals surface area (Å²) >= 11 is 12.2. The number of ketones is 1. The fourth-order valence-electron chi connectivity index (χ4n) is 2.81. The molecule has 21 heavy (non-hydrogen) atoms. The predicted octanol–water partition coefficient (Wildman–Crippen LogP) is 3.95. The van der Waals surface area contributed by atoms with Crippen molar-refractivity contribution in [3.8, 4) is 0 Å². The van der Waals surface area contributed by atoms with Gasteiger partial charge in [-0.3, -0.25) is 4.79 Å². The molecule has 1 aliphatic rings. The number of hydrogen-bond acceptors (Lipinski definition) is 2. The molecule has 2 heterocycles. The van der Waals surface area contributed by atoms with E-state index in [2.05, 4.69) is 9.88 Å². The van der Waals surface area contributed by atoms with Crippen LogP contribution in [0.25, 0.3) is 0 Å². The Morgan fingerprint density at radius 2 is 1.90 bits per heavy atom. The fraction of sp³-hybridized carbons (Fsp3) is 0.312. The van der Waals surface area contributed by atoms with Gasteiger partial charge in [-0.25, -0.2) is 0 Å². The number of nitrogens with zero attached hydrogens (tertiary/aromatic N) is 1. The van der Waals surface area contributed by atoms with Gasteiger partial charge in [0.1, 0.15) is 0 Å². The Labute approximate surface area is 133 Å². The quantitative estimate of drug-likeness (QED) is 0.868. The molecule has 0 amide bonds. The summed E-state index contributed by atoms with van der Waals surface area (Å²) in [7, 11) is 0. The first-order valence-corrected chi connectivity index (χ1v) is 7.80. The number of halogens is 2. The number of benzene rings is 1. The summed E-state index contributed by atoms with van der Waals surface area (Å²) in [6, 6.07) is 9.27. The van der Waals surface area contributed by atoms with Crippen molar-refractivity contribution in [1.29, 1.82) is 0 Å². The third kappa shape index (κ3) is 2.86. The molecule has 1 aromatic heterocycles. The Hall–Kier alpha value is -1.29. The summed E-state index contributed by atoms with van der Waals surface area (Å²) in [5, 5.41) is 4.06. The predicted molar refractivity (Wildman–Crippen MR) is 85.5 cm³/mol. The van der Waals surface area contributed by atoms with Crippen LogP contribution in [0.5, 0.6) is 0 Å². The van der Waals surface area contributed by atoms with Crippen molar-refractivity contribution in [2.75, 3.05) is 13.1 Å². The second-order valence-corrected chi connectivity index (χ2v) is 6.00. The molecule has 3 nitrogen and oxygen atoms in total. The van der Waals surface area contributed by atoms with E-state index in [1.54, 1.807) is 18.2 Å². The SMILES string of the molecule is O=C(c1cccc(Cl)c1Cl)c1cccn1C1CCNCC1. The molecule has 0 saturated carbocycles. The van der Waals surface area contributed by atoms with E-state index in [1.807, 2.05) is 18.3 Å². The zero-order chi connectivity index (χ0) is 14.8. The van der Waals surface area contributed by atoms with Gasteiger partial charge < -0.3 is 9.88 Å². The summed E-state index contributed by atoms with van der Waals surface area (Å²) in [6.07, 6.45) is 4.03. The molecule has 1 aliphatic heterocycles. The Morgan fingerprint density at radius 3 is 2.67 bits per heavy atom. The van der Waals surface area contributed by atoms with Crippen LogP contribution in [0.4, 0.5) is 0 Å². The summed E-state index contributed by atoms with van der Waals surface area (Å²) in [4.78, 5) is 12.8. The average Bonchev–Trinajstić information content (AvgIpc) is 3.00. The summed E-state index contributed by atoms with van der Waals surface area (Å²) in [5.74, 6) is -0.0777. The molecule has 0 atom stereocenters. The maximum absolute atomic E-state index is 12.8. The van der Waals surface area contributed by atoms with Gasteiger partial charge >= 0.3 is 0 Å². The number of nitrogens with one attached hydrogen (secondary N) is 1. The van der Waals surface area contributed by atoms with Gasteiger partial charge in [-0.05, 0) is 50.2 Å². The van der Waals surface area contributed by atoms with Crippen molar-refractivity contribution in [2.24, 2.45) is 0 Å². The van der Waals surface area contributed by atoms with Crippen LogP contribution in [0.1, 0.15) is 34.9 Å². The van der Waals surface area contributed by atoms with Gasteiger partial charge in [0.15, 0.2) is 0 Å². The Bertz CT molecular complexity index is 660. The lowest BCUT2D eigenvalue weighted by molar-refractivity contribution is 0.102. The lowest BCUT2D eigenvalue weighted by Crippen LogP contribution is -2.30. The Balaban J connectivity index is 1.95. The molecule has 0 spiro atoms. The molecule has 1 N–H and O–H groups in total. The number of carbonyl (C=O) groups excluding carboxylic acids is 1. The van der Waals surface area contributed by atoms with Crippen LogP contribution in [-0.4, -0.2) is 23.4 Å². The summed E-state index contributed by atoms with van der Waals surface area (Å²) in [6.45, 7) is 1.96. The highest BCUT2D eigenvalue weighted by Crippen LogP contribution is 2.29. The van der Waals surface area contributed by atoms with Gasteiger partial charge in [-0.1, -0.05) is 29.3 Å². The minimum absolute atomic E-state index is 0.0777. The van der Waals surface area contributed by atoms with Crippen LogP contribution in [0, 0.1) is 0 Å². The monoisotopic (exact) mass is 322 g/mol. The van der Waals surface area contributed by atoms with Crippen LogP contribution in [-0.2, 0) is 0 Å². The first-order chi connectivity index (χ1) is 10.2. The van der Waals surface area contributed by atoms with Gasteiger partial charge in [0.2, 0.25) is 5.78 Å². The maximum atomic E-state index is 12.8. The second kappa shape index (κ2) is 6.22. The zero-order valence-corrected chi connectivity index (χ0v) is 13.0. The second-order valence-electron chi connectivity index (χ2n) is 5.21. The molecule has 1 saturated heterocycles. The van der Waals surface area contributed by atoms with Crippen molar-refractivity contribution in [3.63, 3.8) is 0 Å². The topological polar surface area (TPSA) is 34.0 Å². The summed E-state index contributed by atoms with van der Waals surface area (Å²) < 4.78 is 2.07. The van der Waals surface area contributed by atoms with Crippen molar-refractivity contribution >= 4 is 29.0 Å². The molecule has 0 radical (unpaired) electrons. The highest BCUT2D eigenvalue weighted by molar-refractivity contribution is 6.44. The van der Waals surface area contributed by atoms with Gasteiger partial charge in [0.05, 0.1) is 15.7 Å². The van der Waals surface area contributed by atoms with Crippen LogP contribution >= 0.6 is 23.2 Å². The van der Waals surface area contributed by atoms with Crippen molar-refractivity contribution in [3.05, 3.63) is 57.8 Å². The maximum Gasteiger partial charge on any atom is 0.210 e. The molecule has 110 valence electrons. The van der Waals surface area contributed by atoms with E-state index in [4.69, 9.17) is 23.2 Å². The van der Waals surface area contributed by atoms with Gasteiger partial charge in [-0.15, -0.1) is 0 Å². The molecule has 1 fully saturated rings. The smallest absolute Gasteiger partial charge is 0.210 e. The first-order valence-electron chi connectivity index (χ1n) is 7.05. The third-order valence-electron chi connectivity index (χ3n) is 3.91. The largest absolute Gasteiger partial charge is 0.342 e. The third-order valence-corrected chi connectivity index (χ3v) is 4.73. The van der Waals surface area contributed by atoms with Crippen molar-refractivity contribution in [1.82, 2.24) is 9.88 Å². The molecule has 1 aromatic carbocycles. The minimum Gasteiger partial charge on any atom is -0.342 e. The fourth-order valence-corrected chi connectivity index (χ4v) is 3.19. The first kappa shape index (κ1) is 14.6. The minimum atomic E-state index is -0.0777. The van der Waals surface area contributed by atoms with Crippen LogP contribution in [0.2, 0.25) is 10.0 Å². The highest BCUT2D eigenvalue weighted by atomic mass is 35.5. The molecule has 2 aromatic rings. The summed E-state index contributed by atoms with van der Waals surface area (Å²) in [5.41, 5.74) is 1.13. The van der Waals surface area contributed by atoms with Gasteiger partial charge in [0.25, 0.3) is 0 Å². The molecule has 0 bridgehead atoms. The molecule has 3 rings (SSSR count). The number of hydrogen-bond donors (Lipinski definition) is 1. The van der Waals surface area contributed by atoms with Crippen molar-refractivity contribution < 1.29 is 4.79 Å². The molecule has 0 aliphatic carbocycles. The van der Waals surface area contributed by atoms with E-state index < -0.39 is 0 Å². The van der Waals surface area contributed by atoms with E-state index in [9.17, 15) is 4.79 Å². The van der Waals surface area contributed by atoms with E-state index in [0.29, 0.717) is 27.3 Å². The highest BCUT2D eigenvalue weighted by Gasteiger charge is 2.22. The molecule has 5 heteroatoms. The standard InChI is InChI=1S/C16H16Cl2N2O/c17-13-4-1-3-12(15(13)18)16(21)14-5-2-10-20(14)11-6-8-19-9-7-11/h1-5,10-11,19H,6-9H2. The van der Waals surface area contributed by atoms with E-state index >= 15 is 0 Å². The zero-order valence-electron chi connectivity index (χ0n) is 11.5. The molecular formula is C16H16Cl2N2O. The number of piperidine rings is 1. The number of aromatic nitrogens is 1. The van der Waals surface area contributed by atoms with Crippen LogP contribution in [0.15, 0.2) is 36.5 Å². The molecular weight excluding hydrogens is 307 g/mol. The Kier molecular flexibility index (Phi) is 4.34. The van der Waals surface area contributed by atoms with Crippen LogP contribution in [0.3, 0.4) is 0 Å². The lowest BCUT2D eigenvalue weighted by atomic mass is 10.0.